The zero-order chi connectivity index (χ0) is 15.9. The Bertz CT molecular complexity index is 700. The van der Waals surface area contributed by atoms with Crippen LogP contribution in [0.3, 0.4) is 0 Å². The number of hydrogen-bond acceptors (Lipinski definition) is 5. The summed E-state index contributed by atoms with van der Waals surface area (Å²) in [6, 6.07) is 7.66. The fourth-order valence-electron chi connectivity index (χ4n) is 1.99. The zero-order valence-electron chi connectivity index (χ0n) is 12.6. The normalized spacial score (nSPS) is 11.0. The molecule has 4 nitrogen and oxygen atoms in total. The molecule has 0 saturated heterocycles. The summed E-state index contributed by atoms with van der Waals surface area (Å²) >= 11 is 1.35. The zero-order valence-corrected chi connectivity index (χ0v) is 13.4. The SMILES string of the molecule is CCCCOC(=O)/C=C/c1c(C(=O)OC)sc2ccccc12. The summed E-state index contributed by atoms with van der Waals surface area (Å²) in [4.78, 5) is 24.1. The van der Waals surface area contributed by atoms with Crippen LogP contribution < -0.4 is 0 Å². The quantitative estimate of drug-likeness (QED) is 0.458. The van der Waals surface area contributed by atoms with E-state index in [-0.39, 0.29) is 0 Å². The van der Waals surface area contributed by atoms with E-state index in [1.54, 1.807) is 6.08 Å². The number of benzene rings is 1. The molecule has 2 aromatic rings. The van der Waals surface area contributed by atoms with E-state index < -0.39 is 11.9 Å². The van der Waals surface area contributed by atoms with Gasteiger partial charge in [0.2, 0.25) is 0 Å². The van der Waals surface area contributed by atoms with Gasteiger partial charge in [-0.3, -0.25) is 0 Å². The number of fused-ring (bicyclic) bond motifs is 1. The van der Waals surface area contributed by atoms with Gasteiger partial charge in [-0.05, 0) is 18.6 Å². The van der Waals surface area contributed by atoms with Gasteiger partial charge in [0, 0.05) is 21.7 Å². The third-order valence-corrected chi connectivity index (χ3v) is 4.30. The minimum absolute atomic E-state index is 0.403. The fourth-order valence-corrected chi connectivity index (χ4v) is 3.10. The molecule has 0 amide bonds. The molecule has 0 aliphatic rings. The number of methoxy groups -OCH3 is 1. The second-order valence-corrected chi connectivity index (χ2v) is 5.74. The van der Waals surface area contributed by atoms with Crippen molar-refractivity contribution in [1.29, 1.82) is 0 Å². The van der Waals surface area contributed by atoms with E-state index in [0.717, 1.165) is 22.9 Å². The average molecular weight is 318 g/mol. The summed E-state index contributed by atoms with van der Waals surface area (Å²) in [6.07, 6.45) is 4.79. The maximum Gasteiger partial charge on any atom is 0.348 e. The molecule has 116 valence electrons. The average Bonchev–Trinajstić information content (AvgIpc) is 2.91. The fraction of sp³-hybridized carbons (Fsp3) is 0.294. The predicted molar refractivity (Wildman–Crippen MR) is 88.1 cm³/mol. The Labute approximate surface area is 133 Å². The maximum absolute atomic E-state index is 11.9. The summed E-state index contributed by atoms with van der Waals surface area (Å²) in [6.45, 7) is 2.44. The first-order chi connectivity index (χ1) is 10.7. The van der Waals surface area contributed by atoms with Crippen molar-refractivity contribution in [3.63, 3.8) is 0 Å². The van der Waals surface area contributed by atoms with Gasteiger partial charge in [0.25, 0.3) is 0 Å². The molecule has 0 fully saturated rings. The van der Waals surface area contributed by atoms with Gasteiger partial charge in [0.05, 0.1) is 13.7 Å². The topological polar surface area (TPSA) is 52.6 Å². The molecule has 0 saturated carbocycles. The van der Waals surface area contributed by atoms with Crippen molar-refractivity contribution in [2.45, 2.75) is 19.8 Å². The minimum atomic E-state index is -0.403. The lowest BCUT2D eigenvalue weighted by Gasteiger charge is -2.00. The molecule has 5 heteroatoms. The number of ether oxygens (including phenoxy) is 2. The monoisotopic (exact) mass is 318 g/mol. The van der Waals surface area contributed by atoms with Crippen LogP contribution in [0.1, 0.15) is 35.0 Å². The molecule has 1 heterocycles. The molecule has 0 spiro atoms. The lowest BCUT2D eigenvalue weighted by atomic mass is 10.1. The van der Waals surface area contributed by atoms with Crippen LogP contribution in [0, 0.1) is 0 Å². The van der Waals surface area contributed by atoms with Gasteiger partial charge < -0.3 is 9.47 Å². The Balaban J connectivity index is 2.28. The van der Waals surface area contributed by atoms with Crippen LogP contribution in [0.2, 0.25) is 0 Å². The molecule has 0 N–H and O–H groups in total. The minimum Gasteiger partial charge on any atom is -0.465 e. The molecular formula is C17H18O4S. The highest BCUT2D eigenvalue weighted by Gasteiger charge is 2.17. The molecule has 0 aliphatic carbocycles. The molecule has 0 bridgehead atoms. The Hall–Kier alpha value is -2.14. The second kappa shape index (κ2) is 7.75. The second-order valence-electron chi connectivity index (χ2n) is 4.69. The van der Waals surface area contributed by atoms with Crippen molar-refractivity contribution in [2.24, 2.45) is 0 Å². The van der Waals surface area contributed by atoms with Crippen molar-refractivity contribution in [1.82, 2.24) is 0 Å². The Morgan fingerprint density at radius 2 is 2.05 bits per heavy atom. The molecule has 0 unspecified atom stereocenters. The number of carbonyl (C=O) groups is 2. The summed E-state index contributed by atoms with van der Waals surface area (Å²) in [5.74, 6) is -0.806. The first kappa shape index (κ1) is 16.2. The highest BCUT2D eigenvalue weighted by Crippen LogP contribution is 2.32. The number of carbonyl (C=O) groups excluding carboxylic acids is 2. The first-order valence-electron chi connectivity index (χ1n) is 7.12. The van der Waals surface area contributed by atoms with Gasteiger partial charge in [-0.15, -0.1) is 11.3 Å². The van der Waals surface area contributed by atoms with Gasteiger partial charge in [-0.25, -0.2) is 9.59 Å². The molecule has 0 atom stereocenters. The van der Waals surface area contributed by atoms with Crippen molar-refractivity contribution in [2.75, 3.05) is 13.7 Å². The van der Waals surface area contributed by atoms with Gasteiger partial charge >= 0.3 is 11.9 Å². The van der Waals surface area contributed by atoms with Crippen molar-refractivity contribution in [3.05, 3.63) is 40.8 Å². The van der Waals surface area contributed by atoms with Crippen molar-refractivity contribution < 1.29 is 19.1 Å². The molecular weight excluding hydrogens is 300 g/mol. The number of rotatable bonds is 6. The Morgan fingerprint density at radius 3 is 2.77 bits per heavy atom. The van der Waals surface area contributed by atoms with Gasteiger partial charge in [0.1, 0.15) is 4.88 Å². The van der Waals surface area contributed by atoms with E-state index in [2.05, 4.69) is 0 Å². The molecule has 22 heavy (non-hydrogen) atoms. The summed E-state index contributed by atoms with van der Waals surface area (Å²) < 4.78 is 10.9. The van der Waals surface area contributed by atoms with Crippen molar-refractivity contribution in [3.8, 4) is 0 Å². The van der Waals surface area contributed by atoms with E-state index in [4.69, 9.17) is 9.47 Å². The van der Waals surface area contributed by atoms with Crippen LogP contribution in [-0.4, -0.2) is 25.7 Å². The number of thiophene rings is 1. The number of unbranched alkanes of at least 4 members (excludes halogenated alkanes) is 1. The smallest absolute Gasteiger partial charge is 0.348 e. The van der Waals surface area contributed by atoms with Gasteiger partial charge in [0.15, 0.2) is 0 Å². The molecule has 0 aliphatic heterocycles. The third kappa shape index (κ3) is 3.74. The van der Waals surface area contributed by atoms with Crippen LogP contribution in [0.4, 0.5) is 0 Å². The highest BCUT2D eigenvalue weighted by atomic mass is 32.1. The van der Waals surface area contributed by atoms with Crippen LogP contribution in [0.5, 0.6) is 0 Å². The van der Waals surface area contributed by atoms with E-state index in [9.17, 15) is 9.59 Å². The predicted octanol–water partition coefficient (Wildman–Crippen LogP) is 4.04. The lowest BCUT2D eigenvalue weighted by Crippen LogP contribution is -2.02. The maximum atomic E-state index is 11.9. The molecule has 1 aromatic carbocycles. The Morgan fingerprint density at radius 1 is 1.27 bits per heavy atom. The van der Waals surface area contributed by atoms with Gasteiger partial charge in [-0.1, -0.05) is 31.5 Å². The van der Waals surface area contributed by atoms with E-state index in [0.29, 0.717) is 17.0 Å². The number of hydrogen-bond donors (Lipinski definition) is 0. The molecule has 0 radical (unpaired) electrons. The standard InChI is InChI=1S/C17H18O4S/c1-3-4-11-21-15(18)10-9-13-12-7-5-6-8-14(12)22-16(13)17(19)20-2/h5-10H,3-4,11H2,1-2H3/b10-9+. The van der Waals surface area contributed by atoms with E-state index >= 15 is 0 Å². The third-order valence-electron chi connectivity index (χ3n) is 3.13. The largest absolute Gasteiger partial charge is 0.465 e. The lowest BCUT2D eigenvalue weighted by molar-refractivity contribution is -0.137. The van der Waals surface area contributed by atoms with Crippen LogP contribution >= 0.6 is 11.3 Å². The number of esters is 2. The van der Waals surface area contributed by atoms with Gasteiger partial charge in [-0.2, -0.15) is 0 Å². The molecule has 2 rings (SSSR count). The van der Waals surface area contributed by atoms with E-state index in [1.165, 1.54) is 24.5 Å². The van der Waals surface area contributed by atoms with E-state index in [1.807, 2.05) is 31.2 Å². The van der Waals surface area contributed by atoms with Crippen LogP contribution in [0.25, 0.3) is 16.2 Å². The van der Waals surface area contributed by atoms with Crippen LogP contribution in [-0.2, 0) is 14.3 Å². The molecule has 1 aromatic heterocycles. The Kier molecular flexibility index (Phi) is 5.72. The first-order valence-corrected chi connectivity index (χ1v) is 7.93. The summed E-state index contributed by atoms with van der Waals surface area (Å²) in [5, 5.41) is 0.922. The van der Waals surface area contributed by atoms with Crippen LogP contribution in [0.15, 0.2) is 30.3 Å². The van der Waals surface area contributed by atoms with Crippen molar-refractivity contribution >= 4 is 39.4 Å². The summed E-state index contributed by atoms with van der Waals surface area (Å²) in [5.41, 5.74) is 0.694. The highest BCUT2D eigenvalue weighted by molar-refractivity contribution is 7.21. The summed E-state index contributed by atoms with van der Waals surface area (Å²) in [7, 11) is 1.35.